The number of thiophene rings is 1. The van der Waals surface area contributed by atoms with Gasteiger partial charge in [-0.3, -0.25) is 4.79 Å². The number of aryl methyl sites for hydroxylation is 1. The molecular weight excluding hydrogens is 546 g/mol. The number of likely N-dealkylation sites (tertiary alicyclic amines) is 1. The molecule has 42 heavy (non-hydrogen) atoms. The van der Waals surface area contributed by atoms with Crippen molar-refractivity contribution in [2.75, 3.05) is 19.7 Å². The smallest absolute Gasteiger partial charge is 0.407 e. The number of hydrogen-bond acceptors (Lipinski definition) is 5. The van der Waals surface area contributed by atoms with Crippen molar-refractivity contribution in [3.05, 3.63) is 59.2 Å². The molecule has 0 bridgehead atoms. The van der Waals surface area contributed by atoms with Gasteiger partial charge in [-0.05, 0) is 106 Å². The van der Waals surface area contributed by atoms with Crippen molar-refractivity contribution in [2.24, 2.45) is 5.92 Å². The van der Waals surface area contributed by atoms with E-state index in [9.17, 15) is 14.7 Å². The minimum absolute atomic E-state index is 0.0188. The van der Waals surface area contributed by atoms with Crippen molar-refractivity contribution in [2.45, 2.75) is 78.0 Å². The van der Waals surface area contributed by atoms with E-state index < -0.39 is 11.7 Å². The Kier molecular flexibility index (Phi) is 7.79. The summed E-state index contributed by atoms with van der Waals surface area (Å²) in [6.45, 7) is 9.83. The molecule has 1 aliphatic heterocycles. The van der Waals surface area contributed by atoms with Gasteiger partial charge in [0.25, 0.3) is 5.91 Å². The van der Waals surface area contributed by atoms with E-state index in [1.807, 2.05) is 37.8 Å². The summed E-state index contributed by atoms with van der Waals surface area (Å²) in [4.78, 5) is 29.3. The molecule has 0 radical (unpaired) electrons. The molecule has 1 atom stereocenters. The fraction of sp³-hybridized carbons (Fsp3) is 0.471. The maximum atomic E-state index is 13.8. The number of nitrogens with one attached hydrogen (secondary N) is 1. The van der Waals surface area contributed by atoms with Crippen LogP contribution in [0.15, 0.2) is 42.5 Å². The van der Waals surface area contributed by atoms with E-state index in [1.54, 1.807) is 11.3 Å². The number of nitrogens with zero attached hydrogens (tertiary/aromatic N) is 2. The first-order chi connectivity index (χ1) is 20.1. The largest absolute Gasteiger partial charge is 0.444 e. The second-order valence-corrected chi connectivity index (χ2v) is 14.0. The molecule has 6 rings (SSSR count). The summed E-state index contributed by atoms with van der Waals surface area (Å²) in [5.41, 5.74) is 4.77. The average molecular weight is 588 g/mol. The fourth-order valence-corrected chi connectivity index (χ4v) is 7.58. The van der Waals surface area contributed by atoms with Crippen LogP contribution in [0.25, 0.3) is 31.6 Å². The molecule has 2 aromatic carbocycles. The number of aliphatic hydroxyl groups is 1. The maximum Gasteiger partial charge on any atom is 0.407 e. The lowest BCUT2D eigenvalue weighted by molar-refractivity contribution is 0.0452. The lowest BCUT2D eigenvalue weighted by Gasteiger charge is -2.33. The van der Waals surface area contributed by atoms with Gasteiger partial charge in [0.2, 0.25) is 0 Å². The van der Waals surface area contributed by atoms with Crippen molar-refractivity contribution in [3.8, 4) is 10.6 Å². The first kappa shape index (κ1) is 28.7. The van der Waals surface area contributed by atoms with Crippen LogP contribution < -0.4 is 5.32 Å². The van der Waals surface area contributed by atoms with Crippen LogP contribution in [-0.2, 0) is 17.7 Å². The molecule has 2 fully saturated rings. The van der Waals surface area contributed by atoms with Gasteiger partial charge in [-0.15, -0.1) is 11.3 Å². The molecule has 1 unspecified atom stereocenters. The SMILES string of the molecule is Cc1c(-c2cc3ccccc3n2CC2CC2)sc2cc(C(=O)N3CCCC(NC(=O)OC(C)(C)C)C3)cc(CCO)c12. The van der Waals surface area contributed by atoms with Gasteiger partial charge < -0.3 is 24.6 Å². The summed E-state index contributed by atoms with van der Waals surface area (Å²) < 4.78 is 8.99. The fourth-order valence-electron chi connectivity index (χ4n) is 6.25. The highest BCUT2D eigenvalue weighted by Gasteiger charge is 2.29. The first-order valence-corrected chi connectivity index (χ1v) is 16.0. The Morgan fingerprint density at radius 2 is 1.90 bits per heavy atom. The molecule has 222 valence electrons. The molecule has 1 saturated heterocycles. The van der Waals surface area contributed by atoms with E-state index in [1.165, 1.54) is 39.9 Å². The molecule has 8 heteroatoms. The Hall–Kier alpha value is -3.36. The molecule has 4 aromatic rings. The number of fused-ring (bicyclic) bond motifs is 2. The molecule has 1 saturated carbocycles. The van der Waals surface area contributed by atoms with E-state index in [2.05, 4.69) is 47.1 Å². The second-order valence-electron chi connectivity index (χ2n) is 12.9. The number of carbonyl (C=O) groups is 2. The topological polar surface area (TPSA) is 83.8 Å². The first-order valence-electron chi connectivity index (χ1n) is 15.2. The van der Waals surface area contributed by atoms with Crippen molar-refractivity contribution in [1.29, 1.82) is 0 Å². The molecule has 2 N–H and O–H groups in total. The number of ether oxygens (including phenoxy) is 1. The molecule has 1 aliphatic carbocycles. The quantitative estimate of drug-likeness (QED) is 0.246. The van der Waals surface area contributed by atoms with Gasteiger partial charge in [0.15, 0.2) is 0 Å². The lowest BCUT2D eigenvalue weighted by atomic mass is 9.98. The number of hydrogen-bond donors (Lipinski definition) is 2. The maximum absolute atomic E-state index is 13.8. The average Bonchev–Trinajstić information content (AvgIpc) is 3.60. The number of piperidine rings is 1. The minimum atomic E-state index is -0.573. The Morgan fingerprint density at radius 1 is 1.12 bits per heavy atom. The van der Waals surface area contributed by atoms with Crippen LogP contribution in [0.1, 0.15) is 67.9 Å². The molecule has 0 spiro atoms. The number of carbonyl (C=O) groups excluding carboxylic acids is 2. The third-order valence-corrected chi connectivity index (χ3v) is 9.61. The summed E-state index contributed by atoms with van der Waals surface area (Å²) in [7, 11) is 0. The summed E-state index contributed by atoms with van der Waals surface area (Å²) in [5.74, 6) is 0.698. The highest BCUT2D eigenvalue weighted by Crippen LogP contribution is 2.44. The zero-order valence-corrected chi connectivity index (χ0v) is 25.9. The Labute approximate surface area is 251 Å². The van der Waals surface area contributed by atoms with Gasteiger partial charge in [0.05, 0.1) is 10.6 Å². The van der Waals surface area contributed by atoms with Gasteiger partial charge in [0.1, 0.15) is 5.60 Å². The number of aromatic nitrogens is 1. The number of benzene rings is 2. The van der Waals surface area contributed by atoms with Gasteiger partial charge in [-0.1, -0.05) is 18.2 Å². The summed E-state index contributed by atoms with van der Waals surface area (Å²) in [5, 5.41) is 15.3. The standard InChI is InChI=1S/C34H41N3O4S/c1-21-30-24(13-15-38)16-25(32(39)36-14-7-9-26(20-36)35-33(40)41-34(2,3)4)18-29(30)42-31(21)28-17-23-8-5-6-10-27(23)37(28)19-22-11-12-22/h5-6,8,10,16-18,22,26,38H,7,9,11-15,19-20H2,1-4H3,(H,35,40). The van der Waals surface area contributed by atoms with E-state index in [4.69, 9.17) is 4.74 Å². The van der Waals surface area contributed by atoms with Crippen LogP contribution in [-0.4, -0.2) is 57.9 Å². The second kappa shape index (κ2) is 11.4. The van der Waals surface area contributed by atoms with Crippen molar-refractivity contribution >= 4 is 44.3 Å². The Bertz CT molecular complexity index is 1640. The third-order valence-electron chi connectivity index (χ3n) is 8.35. The third kappa shape index (κ3) is 5.92. The van der Waals surface area contributed by atoms with E-state index >= 15 is 0 Å². The highest BCUT2D eigenvalue weighted by molar-refractivity contribution is 7.22. The van der Waals surface area contributed by atoms with Crippen molar-refractivity contribution in [1.82, 2.24) is 14.8 Å². The number of aliphatic hydroxyl groups excluding tert-OH is 1. The Morgan fingerprint density at radius 3 is 2.64 bits per heavy atom. The Balaban J connectivity index is 1.33. The van der Waals surface area contributed by atoms with Crippen LogP contribution in [0, 0.1) is 12.8 Å². The zero-order chi connectivity index (χ0) is 29.6. The number of amides is 2. The molecule has 2 aliphatic rings. The van der Waals surface area contributed by atoms with Crippen molar-refractivity contribution in [3.63, 3.8) is 0 Å². The number of rotatable bonds is 7. The summed E-state index contributed by atoms with van der Waals surface area (Å²) in [6.07, 6.45) is 4.23. The highest BCUT2D eigenvalue weighted by atomic mass is 32.1. The minimum Gasteiger partial charge on any atom is -0.444 e. The van der Waals surface area contributed by atoms with Crippen LogP contribution in [0.5, 0.6) is 0 Å². The summed E-state index contributed by atoms with van der Waals surface area (Å²) >= 11 is 1.74. The van der Waals surface area contributed by atoms with E-state index in [0.717, 1.165) is 41.0 Å². The predicted octanol–water partition coefficient (Wildman–Crippen LogP) is 6.91. The normalized spacial score (nSPS) is 17.6. The molecule has 7 nitrogen and oxygen atoms in total. The number of alkyl carbamates (subject to hydrolysis) is 1. The van der Waals surface area contributed by atoms with E-state index in [0.29, 0.717) is 25.1 Å². The predicted molar refractivity (Wildman–Crippen MR) is 169 cm³/mol. The molecule has 2 aromatic heterocycles. The zero-order valence-electron chi connectivity index (χ0n) is 25.0. The van der Waals surface area contributed by atoms with Gasteiger partial charge in [-0.2, -0.15) is 0 Å². The molecule has 2 amide bonds. The van der Waals surface area contributed by atoms with Crippen LogP contribution >= 0.6 is 11.3 Å². The van der Waals surface area contributed by atoms with Crippen LogP contribution in [0.3, 0.4) is 0 Å². The van der Waals surface area contributed by atoms with Crippen LogP contribution in [0.4, 0.5) is 4.79 Å². The summed E-state index contributed by atoms with van der Waals surface area (Å²) in [6, 6.07) is 14.7. The van der Waals surface area contributed by atoms with Crippen LogP contribution in [0.2, 0.25) is 0 Å². The van der Waals surface area contributed by atoms with Gasteiger partial charge >= 0.3 is 6.09 Å². The van der Waals surface area contributed by atoms with E-state index in [-0.39, 0.29) is 18.6 Å². The number of para-hydroxylation sites is 1. The van der Waals surface area contributed by atoms with Gasteiger partial charge in [-0.25, -0.2) is 4.79 Å². The molecule has 3 heterocycles. The van der Waals surface area contributed by atoms with Gasteiger partial charge in [0, 0.05) is 53.4 Å². The molecular formula is C34H41N3O4S. The van der Waals surface area contributed by atoms with Crippen molar-refractivity contribution < 1.29 is 19.4 Å². The monoisotopic (exact) mass is 587 g/mol. The lowest BCUT2D eigenvalue weighted by Crippen LogP contribution is -2.50.